The van der Waals surface area contributed by atoms with Crippen LogP contribution in [0.25, 0.3) is 0 Å². The molecule has 0 unspecified atom stereocenters. The molecule has 2 N–H and O–H groups in total. The number of carbonyl (C=O) groups is 1. The lowest BCUT2D eigenvalue weighted by molar-refractivity contribution is 0.101. The number of nitrogens with zero attached hydrogens (tertiary/aromatic N) is 4. The van der Waals surface area contributed by atoms with Crippen LogP contribution in [0.1, 0.15) is 16.4 Å². The van der Waals surface area contributed by atoms with E-state index in [0.29, 0.717) is 16.2 Å². The number of carbonyl (C=O) groups excluding carboxylic acids is 1. The van der Waals surface area contributed by atoms with Crippen molar-refractivity contribution in [3.05, 3.63) is 28.6 Å². The van der Waals surface area contributed by atoms with Crippen molar-refractivity contribution in [3.8, 4) is 0 Å². The summed E-state index contributed by atoms with van der Waals surface area (Å²) in [5, 5.41) is 8.82. The highest BCUT2D eigenvalue weighted by Gasteiger charge is 2.11. The topological polar surface area (TPSA) is 96.5 Å². The van der Waals surface area contributed by atoms with Gasteiger partial charge in [0.2, 0.25) is 5.82 Å². The van der Waals surface area contributed by atoms with Crippen molar-refractivity contribution in [2.75, 3.05) is 5.32 Å². The van der Waals surface area contributed by atoms with Gasteiger partial charge in [0.05, 0.1) is 12.4 Å². The van der Waals surface area contributed by atoms with E-state index >= 15 is 0 Å². The summed E-state index contributed by atoms with van der Waals surface area (Å²) in [6, 6.07) is 0. The van der Waals surface area contributed by atoms with E-state index < -0.39 is 5.91 Å². The predicted octanol–water partition coefficient (Wildman–Crippen LogP) is 0.918. The molecular weight excluding hydrogens is 276 g/mol. The molecule has 2 heterocycles. The maximum absolute atomic E-state index is 11.6. The van der Waals surface area contributed by atoms with E-state index in [1.165, 1.54) is 12.4 Å². The lowest BCUT2D eigenvalue weighted by atomic mass is 10.5. The number of rotatable bonds is 2. The fraction of sp³-hybridized carbons (Fsp3) is 0.125. The molecule has 0 bridgehead atoms. The number of hydrogen-bond donors (Lipinski definition) is 2. The van der Waals surface area contributed by atoms with Crippen molar-refractivity contribution in [2.45, 2.75) is 6.92 Å². The van der Waals surface area contributed by atoms with Gasteiger partial charge in [0.15, 0.2) is 5.82 Å². The van der Waals surface area contributed by atoms with E-state index in [2.05, 4.69) is 46.4 Å². The smallest absolute Gasteiger partial charge is 0.296 e. The second kappa shape index (κ2) is 4.35. The van der Waals surface area contributed by atoms with Gasteiger partial charge in [-0.15, -0.1) is 5.10 Å². The summed E-state index contributed by atoms with van der Waals surface area (Å²) in [5.74, 6) is 0.561. The summed E-state index contributed by atoms with van der Waals surface area (Å²) in [4.78, 5) is 23.3. The Morgan fingerprint density at radius 3 is 2.81 bits per heavy atom. The van der Waals surface area contributed by atoms with Gasteiger partial charge < -0.3 is 5.32 Å². The zero-order valence-electron chi connectivity index (χ0n) is 8.23. The zero-order chi connectivity index (χ0) is 11.5. The van der Waals surface area contributed by atoms with E-state index in [9.17, 15) is 4.79 Å². The van der Waals surface area contributed by atoms with Crippen LogP contribution in [0.4, 0.5) is 5.82 Å². The van der Waals surface area contributed by atoms with Crippen LogP contribution in [0, 0.1) is 6.92 Å². The molecule has 0 saturated heterocycles. The molecule has 0 aliphatic heterocycles. The Morgan fingerprint density at radius 2 is 2.25 bits per heavy atom. The molecule has 16 heavy (non-hydrogen) atoms. The van der Waals surface area contributed by atoms with Crippen LogP contribution in [0.3, 0.4) is 0 Å². The molecule has 0 atom stereocenters. The molecule has 2 aromatic rings. The number of H-pyrrole nitrogens is 1. The number of aromatic amines is 1. The van der Waals surface area contributed by atoms with Gasteiger partial charge in [0.1, 0.15) is 10.4 Å². The lowest BCUT2D eigenvalue weighted by Crippen LogP contribution is -2.14. The average molecular weight is 283 g/mol. The molecule has 0 aliphatic carbocycles. The van der Waals surface area contributed by atoms with Crippen molar-refractivity contribution in [3.63, 3.8) is 0 Å². The average Bonchev–Trinajstić information content (AvgIpc) is 2.68. The van der Waals surface area contributed by atoms with E-state index in [4.69, 9.17) is 0 Å². The monoisotopic (exact) mass is 282 g/mol. The van der Waals surface area contributed by atoms with Crippen LogP contribution in [0.5, 0.6) is 0 Å². The minimum absolute atomic E-state index is 0.0715. The van der Waals surface area contributed by atoms with Gasteiger partial charge in [-0.25, -0.2) is 15.0 Å². The van der Waals surface area contributed by atoms with Crippen LogP contribution in [0.15, 0.2) is 17.0 Å². The quantitative estimate of drug-likeness (QED) is 0.854. The molecule has 0 aliphatic rings. The third-order valence-electron chi connectivity index (χ3n) is 1.66. The Morgan fingerprint density at radius 1 is 1.44 bits per heavy atom. The summed E-state index contributed by atoms with van der Waals surface area (Å²) in [5.41, 5.74) is 0. The minimum atomic E-state index is -0.430. The number of amides is 1. The molecular formula is C8H7BrN6O. The predicted molar refractivity (Wildman–Crippen MR) is 58.8 cm³/mol. The molecule has 1 amide bonds. The Labute approximate surface area is 98.9 Å². The number of aromatic nitrogens is 5. The van der Waals surface area contributed by atoms with E-state index in [-0.39, 0.29) is 5.82 Å². The first-order chi connectivity index (χ1) is 7.65. The fourth-order valence-corrected chi connectivity index (χ4v) is 1.20. The van der Waals surface area contributed by atoms with Gasteiger partial charge in [0.25, 0.3) is 5.91 Å². The maximum Gasteiger partial charge on any atom is 0.296 e. The number of anilines is 1. The molecule has 2 rings (SSSR count). The highest BCUT2D eigenvalue weighted by atomic mass is 79.9. The van der Waals surface area contributed by atoms with Gasteiger partial charge in [-0.3, -0.25) is 9.89 Å². The summed E-state index contributed by atoms with van der Waals surface area (Å²) < 4.78 is 0.597. The maximum atomic E-state index is 11.6. The highest BCUT2D eigenvalue weighted by molar-refractivity contribution is 9.10. The van der Waals surface area contributed by atoms with Crippen molar-refractivity contribution < 1.29 is 4.79 Å². The summed E-state index contributed by atoms with van der Waals surface area (Å²) in [6.07, 6.45) is 2.92. The third-order valence-corrected chi connectivity index (χ3v) is 2.07. The largest absolute Gasteiger partial charge is 0.302 e. The zero-order valence-corrected chi connectivity index (χ0v) is 9.82. The SMILES string of the molecule is Cc1nc(C(=O)Nc2cnc(Br)cn2)n[nH]1. The Balaban J connectivity index is 2.10. The van der Waals surface area contributed by atoms with Crippen LogP contribution in [-0.2, 0) is 0 Å². The van der Waals surface area contributed by atoms with Crippen LogP contribution in [0.2, 0.25) is 0 Å². The first-order valence-corrected chi connectivity index (χ1v) is 5.12. The fourth-order valence-electron chi connectivity index (χ4n) is 0.993. The number of halogens is 1. The first-order valence-electron chi connectivity index (χ1n) is 4.33. The Bertz CT molecular complexity index is 508. The van der Waals surface area contributed by atoms with Gasteiger partial charge in [-0.2, -0.15) is 0 Å². The van der Waals surface area contributed by atoms with Gasteiger partial charge in [0, 0.05) is 0 Å². The first kappa shape index (κ1) is 10.7. The van der Waals surface area contributed by atoms with Gasteiger partial charge in [-0.1, -0.05) is 0 Å². The van der Waals surface area contributed by atoms with Gasteiger partial charge >= 0.3 is 0 Å². The standard InChI is InChI=1S/C8H7BrN6O/c1-4-12-7(15-14-4)8(16)13-6-3-10-5(9)2-11-6/h2-3H,1H3,(H,11,13,16)(H,12,14,15). The molecule has 0 spiro atoms. The van der Waals surface area contributed by atoms with E-state index in [1.807, 2.05) is 0 Å². The third kappa shape index (κ3) is 2.40. The molecule has 0 fully saturated rings. The Hall–Kier alpha value is -1.83. The van der Waals surface area contributed by atoms with Crippen LogP contribution in [-0.4, -0.2) is 31.1 Å². The summed E-state index contributed by atoms with van der Waals surface area (Å²) in [6.45, 7) is 1.71. The van der Waals surface area contributed by atoms with Crippen LogP contribution >= 0.6 is 15.9 Å². The van der Waals surface area contributed by atoms with Crippen molar-refractivity contribution in [1.82, 2.24) is 25.1 Å². The van der Waals surface area contributed by atoms with Crippen molar-refractivity contribution in [2.24, 2.45) is 0 Å². The molecule has 7 nitrogen and oxygen atoms in total. The van der Waals surface area contributed by atoms with Crippen LogP contribution < -0.4 is 5.32 Å². The molecule has 0 aromatic carbocycles. The molecule has 8 heteroatoms. The second-order valence-corrected chi connectivity index (χ2v) is 3.74. The number of hydrogen-bond acceptors (Lipinski definition) is 5. The van der Waals surface area contributed by atoms with Crippen molar-refractivity contribution in [1.29, 1.82) is 0 Å². The number of aryl methyl sites for hydroxylation is 1. The highest BCUT2D eigenvalue weighted by Crippen LogP contribution is 2.06. The molecule has 0 radical (unpaired) electrons. The lowest BCUT2D eigenvalue weighted by Gasteiger charge is -1.99. The summed E-state index contributed by atoms with van der Waals surface area (Å²) in [7, 11) is 0. The number of nitrogens with one attached hydrogen (secondary N) is 2. The van der Waals surface area contributed by atoms with E-state index in [1.54, 1.807) is 6.92 Å². The normalized spacial score (nSPS) is 10.1. The van der Waals surface area contributed by atoms with Crippen molar-refractivity contribution >= 4 is 27.7 Å². The molecule has 0 saturated carbocycles. The molecule has 82 valence electrons. The van der Waals surface area contributed by atoms with E-state index in [0.717, 1.165) is 0 Å². The summed E-state index contributed by atoms with van der Waals surface area (Å²) >= 11 is 3.14. The second-order valence-electron chi connectivity index (χ2n) is 2.92. The molecule has 2 aromatic heterocycles. The van der Waals surface area contributed by atoms with Gasteiger partial charge in [-0.05, 0) is 22.9 Å². The Kier molecular flexibility index (Phi) is 2.91. The minimum Gasteiger partial charge on any atom is -0.302 e.